The summed E-state index contributed by atoms with van der Waals surface area (Å²) >= 11 is 0. The first-order valence-corrected chi connectivity index (χ1v) is 9.99. The van der Waals surface area contributed by atoms with Gasteiger partial charge in [0.05, 0.1) is 11.2 Å². The molecule has 0 unspecified atom stereocenters. The van der Waals surface area contributed by atoms with Crippen LogP contribution in [0.1, 0.15) is 23.7 Å². The first-order valence-electron chi connectivity index (χ1n) is 9.99. The molecule has 6 nitrogen and oxygen atoms in total. The van der Waals surface area contributed by atoms with Gasteiger partial charge in [-0.1, -0.05) is 43.3 Å². The van der Waals surface area contributed by atoms with Gasteiger partial charge >= 0.3 is 0 Å². The Balaban J connectivity index is 1.56. The minimum absolute atomic E-state index is 0.0780. The zero-order valence-electron chi connectivity index (χ0n) is 17.3. The number of nitrogens with zero attached hydrogens (tertiary/aromatic N) is 3. The second kappa shape index (κ2) is 8.37. The summed E-state index contributed by atoms with van der Waals surface area (Å²) < 4.78 is 7.39. The number of hydrogen-bond donors (Lipinski definition) is 1. The number of ether oxygens (including phenoxy) is 1. The number of rotatable bonds is 6. The Bertz CT molecular complexity index is 1210. The van der Waals surface area contributed by atoms with Crippen LogP contribution in [-0.4, -0.2) is 27.3 Å². The maximum atomic E-state index is 12.6. The van der Waals surface area contributed by atoms with Crippen molar-refractivity contribution in [1.29, 1.82) is 0 Å². The third kappa shape index (κ3) is 4.03. The molecule has 0 saturated heterocycles. The van der Waals surface area contributed by atoms with Crippen molar-refractivity contribution in [2.24, 2.45) is 0 Å². The van der Waals surface area contributed by atoms with Gasteiger partial charge in [-0.25, -0.2) is 4.98 Å². The molecule has 0 bridgehead atoms. The van der Waals surface area contributed by atoms with Gasteiger partial charge in [-0.05, 0) is 49.6 Å². The van der Waals surface area contributed by atoms with E-state index >= 15 is 0 Å². The van der Waals surface area contributed by atoms with E-state index in [-0.39, 0.29) is 12.5 Å². The van der Waals surface area contributed by atoms with Crippen molar-refractivity contribution in [2.45, 2.75) is 27.2 Å². The minimum atomic E-state index is -0.250. The summed E-state index contributed by atoms with van der Waals surface area (Å²) in [6.45, 7) is 5.91. The van der Waals surface area contributed by atoms with Gasteiger partial charge < -0.3 is 10.1 Å². The minimum Gasteiger partial charge on any atom is -0.483 e. The highest BCUT2D eigenvalue weighted by Gasteiger charge is 2.14. The molecule has 2 heterocycles. The van der Waals surface area contributed by atoms with Crippen LogP contribution in [0.5, 0.6) is 5.75 Å². The largest absolute Gasteiger partial charge is 0.483 e. The maximum Gasteiger partial charge on any atom is 0.263 e. The van der Waals surface area contributed by atoms with E-state index in [4.69, 9.17) is 9.72 Å². The number of carbonyl (C=O) groups excluding carboxylic acids is 1. The average Bonchev–Trinajstić information content (AvgIpc) is 3.12. The lowest BCUT2D eigenvalue weighted by atomic mass is 10.1. The van der Waals surface area contributed by atoms with Crippen LogP contribution >= 0.6 is 0 Å². The summed E-state index contributed by atoms with van der Waals surface area (Å²) in [4.78, 5) is 17.3. The first-order chi connectivity index (χ1) is 14.5. The number of aromatic nitrogens is 3. The van der Waals surface area contributed by atoms with Crippen molar-refractivity contribution in [2.75, 3.05) is 11.9 Å². The molecule has 1 N–H and O–H groups in total. The van der Waals surface area contributed by atoms with Gasteiger partial charge in [-0.3, -0.25) is 4.79 Å². The normalized spacial score (nSPS) is 10.9. The van der Waals surface area contributed by atoms with Gasteiger partial charge in [-0.15, -0.1) is 0 Å². The Morgan fingerprint density at radius 2 is 1.83 bits per heavy atom. The van der Waals surface area contributed by atoms with E-state index in [1.54, 1.807) is 4.68 Å². The molecule has 0 fully saturated rings. The van der Waals surface area contributed by atoms with Crippen LogP contribution in [0, 0.1) is 13.8 Å². The van der Waals surface area contributed by atoms with E-state index < -0.39 is 0 Å². The molecule has 30 heavy (non-hydrogen) atoms. The number of hydrogen-bond acceptors (Lipinski definition) is 4. The third-order valence-corrected chi connectivity index (χ3v) is 4.94. The number of carbonyl (C=O) groups is 1. The number of aryl methyl sites for hydroxylation is 3. The molecule has 0 aliphatic heterocycles. The highest BCUT2D eigenvalue weighted by atomic mass is 16.5. The predicted octanol–water partition coefficient (Wildman–Crippen LogP) is 4.62. The monoisotopic (exact) mass is 400 g/mol. The smallest absolute Gasteiger partial charge is 0.263 e. The van der Waals surface area contributed by atoms with Crippen LogP contribution < -0.4 is 10.1 Å². The summed E-state index contributed by atoms with van der Waals surface area (Å²) in [6, 6.07) is 19.5. The lowest BCUT2D eigenvalue weighted by Crippen LogP contribution is -2.22. The number of pyridine rings is 1. The van der Waals surface area contributed by atoms with E-state index in [9.17, 15) is 4.79 Å². The fourth-order valence-electron chi connectivity index (χ4n) is 3.46. The first kappa shape index (κ1) is 19.6. The number of amides is 1. The summed E-state index contributed by atoms with van der Waals surface area (Å²) in [5.41, 5.74) is 3.84. The van der Waals surface area contributed by atoms with E-state index in [0.717, 1.165) is 39.9 Å². The van der Waals surface area contributed by atoms with Gasteiger partial charge in [0.25, 0.3) is 5.91 Å². The molecule has 152 valence electrons. The molecular weight excluding hydrogens is 376 g/mol. The van der Waals surface area contributed by atoms with Gasteiger partial charge in [0.15, 0.2) is 12.4 Å². The Kier molecular flexibility index (Phi) is 5.48. The van der Waals surface area contributed by atoms with Gasteiger partial charge in [0, 0.05) is 11.5 Å². The van der Waals surface area contributed by atoms with Gasteiger partial charge in [-0.2, -0.15) is 9.78 Å². The van der Waals surface area contributed by atoms with Crippen LogP contribution in [-0.2, 0) is 11.2 Å². The Labute approximate surface area is 175 Å². The number of benzene rings is 2. The topological polar surface area (TPSA) is 69.0 Å². The second-order valence-corrected chi connectivity index (χ2v) is 7.20. The fourth-order valence-corrected chi connectivity index (χ4v) is 3.46. The molecule has 4 aromatic rings. The number of para-hydroxylation sites is 2. The Hall–Kier alpha value is -3.67. The van der Waals surface area contributed by atoms with Crippen molar-refractivity contribution in [3.63, 3.8) is 0 Å². The maximum absolute atomic E-state index is 12.6. The van der Waals surface area contributed by atoms with Crippen LogP contribution in [0.25, 0.3) is 16.7 Å². The number of fused-ring (bicyclic) bond motifs is 1. The fraction of sp³-hybridized carbons (Fsp3) is 0.208. The summed E-state index contributed by atoms with van der Waals surface area (Å²) in [5, 5.41) is 8.52. The van der Waals surface area contributed by atoms with E-state index in [0.29, 0.717) is 11.6 Å². The summed E-state index contributed by atoms with van der Waals surface area (Å²) in [6.07, 6.45) is 0.844. The highest BCUT2D eigenvalue weighted by molar-refractivity contribution is 5.91. The molecule has 2 aromatic heterocycles. The molecule has 0 aliphatic rings. The lowest BCUT2D eigenvalue weighted by Gasteiger charge is -2.12. The molecule has 0 radical (unpaired) electrons. The molecule has 1 amide bonds. The van der Waals surface area contributed by atoms with Crippen LogP contribution in [0.4, 0.5) is 5.82 Å². The SMILES string of the molecule is CCc1ccccc1OCC(=O)Nc1cc(C)nn1-c1cc(C)c2ccccc2n1. The Morgan fingerprint density at radius 3 is 2.67 bits per heavy atom. The quantitative estimate of drug-likeness (QED) is 0.513. The average molecular weight is 400 g/mol. The van der Waals surface area contributed by atoms with Crippen molar-refractivity contribution in [3.05, 3.63) is 77.5 Å². The highest BCUT2D eigenvalue weighted by Crippen LogP contribution is 2.23. The Morgan fingerprint density at radius 1 is 1.07 bits per heavy atom. The van der Waals surface area contributed by atoms with E-state index in [1.807, 2.05) is 74.5 Å². The lowest BCUT2D eigenvalue weighted by molar-refractivity contribution is -0.118. The molecule has 2 aromatic carbocycles. The summed E-state index contributed by atoms with van der Waals surface area (Å²) in [7, 11) is 0. The molecule has 0 atom stereocenters. The van der Waals surface area contributed by atoms with Crippen molar-refractivity contribution in [3.8, 4) is 11.6 Å². The van der Waals surface area contributed by atoms with E-state index in [2.05, 4.69) is 17.3 Å². The second-order valence-electron chi connectivity index (χ2n) is 7.20. The molecule has 0 aliphatic carbocycles. The van der Waals surface area contributed by atoms with E-state index in [1.165, 1.54) is 0 Å². The molecule has 0 spiro atoms. The predicted molar refractivity (Wildman–Crippen MR) is 118 cm³/mol. The zero-order chi connectivity index (χ0) is 21.1. The molecule has 6 heteroatoms. The van der Waals surface area contributed by atoms with Crippen LogP contribution in [0.2, 0.25) is 0 Å². The van der Waals surface area contributed by atoms with Gasteiger partial charge in [0.1, 0.15) is 11.6 Å². The number of anilines is 1. The molecular formula is C24H24N4O2. The molecule has 4 rings (SSSR count). The van der Waals surface area contributed by atoms with Crippen LogP contribution in [0.15, 0.2) is 60.7 Å². The number of nitrogens with one attached hydrogen (secondary N) is 1. The van der Waals surface area contributed by atoms with Crippen molar-refractivity contribution < 1.29 is 9.53 Å². The van der Waals surface area contributed by atoms with Crippen molar-refractivity contribution in [1.82, 2.24) is 14.8 Å². The third-order valence-electron chi connectivity index (χ3n) is 4.94. The van der Waals surface area contributed by atoms with Crippen molar-refractivity contribution >= 4 is 22.6 Å². The standard InChI is InChI=1S/C24H24N4O2/c1-4-18-9-5-8-12-21(18)30-15-24(29)26-23-14-17(3)27-28(23)22-13-16(2)19-10-6-7-11-20(19)25-22/h5-14H,4,15H2,1-3H3,(H,26,29). The van der Waals surface area contributed by atoms with Gasteiger partial charge in [0.2, 0.25) is 0 Å². The van der Waals surface area contributed by atoms with Crippen LogP contribution in [0.3, 0.4) is 0 Å². The molecule has 0 saturated carbocycles. The zero-order valence-corrected chi connectivity index (χ0v) is 17.3. The summed E-state index contributed by atoms with van der Waals surface area (Å²) in [5.74, 6) is 1.70.